The van der Waals surface area contributed by atoms with Crippen LogP contribution in [0.3, 0.4) is 0 Å². The molecule has 0 spiro atoms. The third-order valence-corrected chi connectivity index (χ3v) is 3.99. The molecule has 86 valence electrons. The minimum absolute atomic E-state index is 0.0893. The fraction of sp³-hybridized carbons (Fsp3) is 0.846. The molecule has 2 unspecified atom stereocenters. The van der Waals surface area contributed by atoms with E-state index in [0.717, 1.165) is 0 Å². The van der Waals surface area contributed by atoms with E-state index in [1.165, 1.54) is 32.1 Å². The van der Waals surface area contributed by atoms with Crippen molar-refractivity contribution in [3.05, 3.63) is 12.2 Å². The first kappa shape index (κ1) is 11.2. The second-order valence-corrected chi connectivity index (χ2v) is 4.78. The summed E-state index contributed by atoms with van der Waals surface area (Å²) in [7, 11) is 1.71. The van der Waals surface area contributed by atoms with Crippen molar-refractivity contribution in [1.29, 1.82) is 0 Å². The van der Waals surface area contributed by atoms with Gasteiger partial charge in [0.05, 0.1) is 5.60 Å². The average molecular weight is 210 g/mol. The number of hydrogen-bond acceptors (Lipinski definition) is 2. The second kappa shape index (κ2) is 4.67. The minimum atomic E-state index is 0.0893. The van der Waals surface area contributed by atoms with Gasteiger partial charge in [-0.3, -0.25) is 0 Å². The summed E-state index contributed by atoms with van der Waals surface area (Å²) in [5, 5.41) is 0. The Morgan fingerprint density at radius 2 is 1.93 bits per heavy atom. The summed E-state index contributed by atoms with van der Waals surface area (Å²) in [5.41, 5.74) is 0.0893. The third-order valence-electron chi connectivity index (χ3n) is 3.99. The van der Waals surface area contributed by atoms with Crippen LogP contribution in [0, 0.1) is 11.8 Å². The number of unbranched alkanes of at least 4 members (excludes halogenated alkanes) is 1. The van der Waals surface area contributed by atoms with Gasteiger partial charge in [-0.1, -0.05) is 31.9 Å². The number of methoxy groups -OCH3 is 1. The SMILES string of the molecule is CCCCC1(OCOC)C2C=CC1CC2. The Balaban J connectivity index is 2.03. The van der Waals surface area contributed by atoms with Crippen molar-refractivity contribution < 1.29 is 9.47 Å². The van der Waals surface area contributed by atoms with Crippen LogP contribution in [0.15, 0.2) is 12.2 Å². The van der Waals surface area contributed by atoms with Gasteiger partial charge in [0, 0.05) is 18.9 Å². The van der Waals surface area contributed by atoms with Gasteiger partial charge in [0.25, 0.3) is 0 Å². The van der Waals surface area contributed by atoms with Gasteiger partial charge in [0.2, 0.25) is 0 Å². The number of hydrogen-bond donors (Lipinski definition) is 0. The molecule has 0 amide bonds. The quantitative estimate of drug-likeness (QED) is 0.495. The van der Waals surface area contributed by atoms with Crippen molar-refractivity contribution in [2.45, 2.75) is 44.6 Å². The highest BCUT2D eigenvalue weighted by Gasteiger charge is 2.51. The zero-order valence-electron chi connectivity index (χ0n) is 9.87. The lowest BCUT2D eigenvalue weighted by atomic mass is 9.85. The summed E-state index contributed by atoms with van der Waals surface area (Å²) in [6, 6.07) is 0. The Morgan fingerprint density at radius 1 is 1.27 bits per heavy atom. The summed E-state index contributed by atoms with van der Waals surface area (Å²) in [6.45, 7) is 2.69. The van der Waals surface area contributed by atoms with E-state index in [2.05, 4.69) is 19.1 Å². The second-order valence-electron chi connectivity index (χ2n) is 4.78. The number of ether oxygens (including phenoxy) is 2. The van der Waals surface area contributed by atoms with Crippen LogP contribution in [0.25, 0.3) is 0 Å². The van der Waals surface area contributed by atoms with Crippen LogP contribution in [0.2, 0.25) is 0 Å². The van der Waals surface area contributed by atoms with Crippen LogP contribution in [0.4, 0.5) is 0 Å². The first-order chi connectivity index (χ1) is 7.33. The highest BCUT2D eigenvalue weighted by atomic mass is 16.7. The molecule has 0 radical (unpaired) electrons. The smallest absolute Gasteiger partial charge is 0.147 e. The van der Waals surface area contributed by atoms with Gasteiger partial charge in [0.1, 0.15) is 6.79 Å². The van der Waals surface area contributed by atoms with E-state index in [-0.39, 0.29) is 5.60 Å². The highest BCUT2D eigenvalue weighted by Crippen LogP contribution is 2.52. The van der Waals surface area contributed by atoms with E-state index in [1.54, 1.807) is 7.11 Å². The van der Waals surface area contributed by atoms with Crippen LogP contribution in [-0.4, -0.2) is 19.5 Å². The Morgan fingerprint density at radius 3 is 2.40 bits per heavy atom. The van der Waals surface area contributed by atoms with Crippen molar-refractivity contribution in [3.8, 4) is 0 Å². The Labute approximate surface area is 92.6 Å². The fourth-order valence-corrected chi connectivity index (χ4v) is 3.19. The van der Waals surface area contributed by atoms with Gasteiger partial charge in [-0.15, -0.1) is 0 Å². The average Bonchev–Trinajstić information content (AvgIpc) is 2.79. The molecule has 0 aromatic heterocycles. The maximum atomic E-state index is 6.04. The molecule has 0 aromatic rings. The molecule has 2 heteroatoms. The van der Waals surface area contributed by atoms with Gasteiger partial charge < -0.3 is 9.47 Å². The molecule has 1 fully saturated rings. The Kier molecular flexibility index (Phi) is 3.47. The zero-order chi connectivity index (χ0) is 10.7. The van der Waals surface area contributed by atoms with E-state index in [9.17, 15) is 0 Å². The van der Waals surface area contributed by atoms with E-state index < -0.39 is 0 Å². The minimum Gasteiger partial charge on any atom is -0.359 e. The van der Waals surface area contributed by atoms with Gasteiger partial charge in [-0.2, -0.15) is 0 Å². The molecule has 2 nitrogen and oxygen atoms in total. The molecule has 0 saturated heterocycles. The third kappa shape index (κ3) is 1.85. The summed E-state index contributed by atoms with van der Waals surface area (Å²) in [4.78, 5) is 0. The molecule has 0 aliphatic heterocycles. The lowest BCUT2D eigenvalue weighted by molar-refractivity contribution is -0.152. The summed E-state index contributed by atoms with van der Waals surface area (Å²) >= 11 is 0. The lowest BCUT2D eigenvalue weighted by Gasteiger charge is -2.34. The fourth-order valence-electron chi connectivity index (χ4n) is 3.19. The molecular weight excluding hydrogens is 188 g/mol. The van der Waals surface area contributed by atoms with Crippen LogP contribution >= 0.6 is 0 Å². The summed E-state index contributed by atoms with van der Waals surface area (Å²) in [5.74, 6) is 1.29. The standard InChI is InChI=1S/C13H22O2/c1-3-4-9-13(15-10-14-2)11-5-6-12(13)8-7-11/h5-6,11-12H,3-4,7-10H2,1-2H3. The van der Waals surface area contributed by atoms with E-state index >= 15 is 0 Å². The zero-order valence-corrected chi connectivity index (χ0v) is 9.87. The van der Waals surface area contributed by atoms with Gasteiger partial charge in [0.15, 0.2) is 0 Å². The normalized spacial score (nSPS) is 37.7. The first-order valence-electron chi connectivity index (χ1n) is 6.14. The van der Waals surface area contributed by atoms with E-state index in [4.69, 9.17) is 9.47 Å². The van der Waals surface area contributed by atoms with Crippen molar-refractivity contribution in [3.63, 3.8) is 0 Å². The molecule has 0 heterocycles. The van der Waals surface area contributed by atoms with Crippen molar-refractivity contribution in [2.75, 3.05) is 13.9 Å². The molecule has 0 aromatic carbocycles. The van der Waals surface area contributed by atoms with E-state index in [1.807, 2.05) is 0 Å². The predicted molar refractivity (Wildman–Crippen MR) is 60.6 cm³/mol. The monoisotopic (exact) mass is 210 g/mol. The Bertz CT molecular complexity index is 211. The maximum absolute atomic E-state index is 6.04. The molecule has 0 N–H and O–H groups in total. The van der Waals surface area contributed by atoms with Crippen molar-refractivity contribution >= 4 is 0 Å². The largest absolute Gasteiger partial charge is 0.359 e. The van der Waals surface area contributed by atoms with Crippen LogP contribution in [0.5, 0.6) is 0 Å². The van der Waals surface area contributed by atoms with Crippen LogP contribution in [0.1, 0.15) is 39.0 Å². The topological polar surface area (TPSA) is 18.5 Å². The highest BCUT2D eigenvalue weighted by molar-refractivity contribution is 5.20. The first-order valence-corrected chi connectivity index (χ1v) is 6.14. The lowest BCUT2D eigenvalue weighted by Crippen LogP contribution is -2.39. The molecular formula is C13H22O2. The van der Waals surface area contributed by atoms with Crippen molar-refractivity contribution in [2.24, 2.45) is 11.8 Å². The van der Waals surface area contributed by atoms with Gasteiger partial charge in [-0.25, -0.2) is 0 Å². The summed E-state index contributed by atoms with van der Waals surface area (Å²) < 4.78 is 11.1. The molecule has 2 rings (SSSR count). The Hall–Kier alpha value is -0.340. The molecule has 2 aliphatic carbocycles. The summed E-state index contributed by atoms with van der Waals surface area (Å²) in [6.07, 6.45) is 11.0. The maximum Gasteiger partial charge on any atom is 0.147 e. The van der Waals surface area contributed by atoms with Crippen LogP contribution in [-0.2, 0) is 9.47 Å². The molecule has 2 aliphatic rings. The molecule has 2 atom stereocenters. The van der Waals surface area contributed by atoms with Crippen molar-refractivity contribution in [1.82, 2.24) is 0 Å². The van der Waals surface area contributed by atoms with Gasteiger partial charge in [-0.05, 0) is 19.3 Å². The molecule has 1 saturated carbocycles. The number of fused-ring (bicyclic) bond motifs is 2. The predicted octanol–water partition coefficient (Wildman–Crippen LogP) is 3.13. The molecule has 2 bridgehead atoms. The van der Waals surface area contributed by atoms with Crippen LogP contribution < -0.4 is 0 Å². The van der Waals surface area contributed by atoms with Gasteiger partial charge >= 0.3 is 0 Å². The number of rotatable bonds is 6. The van der Waals surface area contributed by atoms with E-state index in [0.29, 0.717) is 18.6 Å². The molecule has 15 heavy (non-hydrogen) atoms.